The van der Waals surface area contributed by atoms with Crippen molar-refractivity contribution >= 4 is 17.5 Å². The molecule has 0 aliphatic rings. The van der Waals surface area contributed by atoms with Gasteiger partial charge in [0.25, 0.3) is 5.22 Å². The second kappa shape index (κ2) is 7.98. The van der Waals surface area contributed by atoms with Gasteiger partial charge in [-0.2, -0.15) is 0 Å². The number of ketones is 1. The Bertz CT molecular complexity index is 844. The fourth-order valence-electron chi connectivity index (χ4n) is 2.19. The Morgan fingerprint density at radius 3 is 2.56 bits per heavy atom. The van der Waals surface area contributed by atoms with E-state index in [1.165, 1.54) is 23.9 Å². The topological polar surface area (TPSA) is 52.3 Å². The first-order valence-electron chi connectivity index (χ1n) is 7.76. The molecule has 4 nitrogen and oxygen atoms in total. The lowest BCUT2D eigenvalue weighted by molar-refractivity contribution is 0.102. The molecular formula is C19H16FNO3S. The van der Waals surface area contributed by atoms with Crippen LogP contribution in [0.2, 0.25) is 0 Å². The minimum absolute atomic E-state index is 0.0189. The number of ether oxygens (including phenoxy) is 1. The van der Waals surface area contributed by atoms with E-state index >= 15 is 0 Å². The van der Waals surface area contributed by atoms with Gasteiger partial charge in [0.15, 0.2) is 11.5 Å². The molecular weight excluding hydrogens is 341 g/mol. The predicted octanol–water partition coefficient (Wildman–Crippen LogP) is 4.85. The van der Waals surface area contributed by atoms with E-state index in [4.69, 9.17) is 9.15 Å². The Hall–Kier alpha value is -2.60. The monoisotopic (exact) mass is 357 g/mol. The molecule has 3 aromatic rings. The van der Waals surface area contributed by atoms with Crippen LogP contribution in [0.15, 0.2) is 64.4 Å². The molecule has 0 aliphatic heterocycles. The summed E-state index contributed by atoms with van der Waals surface area (Å²) in [5.74, 6) is 1.17. The largest absolute Gasteiger partial charge is 0.494 e. The number of carbonyl (C=O) groups is 1. The molecule has 2 aromatic carbocycles. The number of nitrogens with zero attached hydrogens (tertiary/aromatic N) is 1. The van der Waals surface area contributed by atoms with E-state index in [0.717, 1.165) is 11.3 Å². The number of rotatable bonds is 7. The third-order valence-electron chi connectivity index (χ3n) is 3.43. The van der Waals surface area contributed by atoms with E-state index in [1.54, 1.807) is 42.6 Å². The molecule has 3 rings (SSSR count). The molecule has 0 spiro atoms. The summed E-state index contributed by atoms with van der Waals surface area (Å²) in [4.78, 5) is 16.4. The van der Waals surface area contributed by atoms with Crippen molar-refractivity contribution in [2.75, 3.05) is 12.4 Å². The van der Waals surface area contributed by atoms with Crippen LogP contribution in [0.3, 0.4) is 0 Å². The lowest BCUT2D eigenvalue weighted by Gasteiger charge is -2.04. The third kappa shape index (κ3) is 4.48. The number of aromatic nitrogens is 1. The average Bonchev–Trinajstić information content (AvgIpc) is 3.10. The van der Waals surface area contributed by atoms with Crippen LogP contribution in [0.1, 0.15) is 17.3 Å². The minimum atomic E-state index is -0.307. The van der Waals surface area contributed by atoms with Gasteiger partial charge in [0.05, 0.1) is 18.6 Å². The minimum Gasteiger partial charge on any atom is -0.494 e. The number of Topliss-reactive ketones (excluding diaryl/α,β-unsaturated/α-hetero) is 1. The molecule has 0 saturated carbocycles. The molecule has 0 radical (unpaired) electrons. The van der Waals surface area contributed by atoms with E-state index in [2.05, 4.69) is 4.98 Å². The predicted molar refractivity (Wildman–Crippen MR) is 94.6 cm³/mol. The van der Waals surface area contributed by atoms with Crippen molar-refractivity contribution in [1.82, 2.24) is 4.98 Å². The maximum atomic E-state index is 13.0. The first-order chi connectivity index (χ1) is 12.2. The van der Waals surface area contributed by atoms with E-state index in [-0.39, 0.29) is 17.4 Å². The third-order valence-corrected chi connectivity index (χ3v) is 4.27. The van der Waals surface area contributed by atoms with Crippen LogP contribution < -0.4 is 4.74 Å². The van der Waals surface area contributed by atoms with Gasteiger partial charge >= 0.3 is 0 Å². The summed E-state index contributed by atoms with van der Waals surface area (Å²) in [7, 11) is 0. The number of benzene rings is 2. The number of thioether (sulfide) groups is 1. The van der Waals surface area contributed by atoms with E-state index in [9.17, 15) is 9.18 Å². The maximum Gasteiger partial charge on any atom is 0.256 e. The van der Waals surface area contributed by atoms with Gasteiger partial charge in [0, 0.05) is 11.1 Å². The second-order valence-corrected chi connectivity index (χ2v) is 6.09. The fraction of sp³-hybridized carbons (Fsp3) is 0.158. The summed E-state index contributed by atoms with van der Waals surface area (Å²) in [6, 6.07) is 13.0. The molecule has 0 atom stereocenters. The van der Waals surface area contributed by atoms with Crippen molar-refractivity contribution in [1.29, 1.82) is 0 Å². The fourth-order valence-corrected chi connectivity index (χ4v) is 2.88. The number of hydrogen-bond acceptors (Lipinski definition) is 5. The van der Waals surface area contributed by atoms with Crippen LogP contribution in [0, 0.1) is 5.82 Å². The van der Waals surface area contributed by atoms with Gasteiger partial charge in [0.2, 0.25) is 0 Å². The van der Waals surface area contributed by atoms with Crippen LogP contribution in [-0.4, -0.2) is 23.1 Å². The molecule has 0 bridgehead atoms. The van der Waals surface area contributed by atoms with Gasteiger partial charge in [-0.1, -0.05) is 11.8 Å². The lowest BCUT2D eigenvalue weighted by atomic mass is 10.1. The Balaban J connectivity index is 1.60. The molecule has 0 amide bonds. The molecule has 0 saturated heterocycles. The highest BCUT2D eigenvalue weighted by Crippen LogP contribution is 2.26. The first-order valence-corrected chi connectivity index (χ1v) is 8.75. The first kappa shape index (κ1) is 17.2. The number of carbonyl (C=O) groups excluding carboxylic acids is 1. The van der Waals surface area contributed by atoms with Crippen LogP contribution in [0.5, 0.6) is 5.75 Å². The van der Waals surface area contributed by atoms with Crippen LogP contribution in [0.4, 0.5) is 4.39 Å². The Labute approximate surface area is 149 Å². The number of hydrogen-bond donors (Lipinski definition) is 0. The van der Waals surface area contributed by atoms with Gasteiger partial charge in [-0.3, -0.25) is 4.79 Å². The van der Waals surface area contributed by atoms with Gasteiger partial charge in [-0.15, -0.1) is 0 Å². The molecule has 0 aliphatic carbocycles. The molecule has 25 heavy (non-hydrogen) atoms. The molecule has 6 heteroatoms. The maximum absolute atomic E-state index is 13.0. The van der Waals surface area contributed by atoms with Crippen LogP contribution >= 0.6 is 11.8 Å². The zero-order chi connectivity index (χ0) is 17.6. The highest BCUT2D eigenvalue weighted by molar-refractivity contribution is 7.99. The molecule has 1 aromatic heterocycles. The molecule has 0 N–H and O–H groups in total. The summed E-state index contributed by atoms with van der Waals surface area (Å²) in [6.45, 7) is 2.50. The highest BCUT2D eigenvalue weighted by Gasteiger charge is 2.11. The van der Waals surface area contributed by atoms with Crippen molar-refractivity contribution in [3.05, 3.63) is 66.1 Å². The Kier molecular flexibility index (Phi) is 5.50. The summed E-state index contributed by atoms with van der Waals surface area (Å²) in [5, 5.41) is 0.401. The van der Waals surface area contributed by atoms with Gasteiger partial charge in [-0.05, 0) is 55.5 Å². The summed E-state index contributed by atoms with van der Waals surface area (Å²) >= 11 is 1.22. The number of oxazole rings is 1. The Morgan fingerprint density at radius 2 is 1.88 bits per heavy atom. The number of halogens is 1. The summed E-state index contributed by atoms with van der Waals surface area (Å²) in [6.07, 6.45) is 1.57. The average molecular weight is 357 g/mol. The molecule has 128 valence electrons. The molecule has 1 heterocycles. The molecule has 0 unspecified atom stereocenters. The van der Waals surface area contributed by atoms with Gasteiger partial charge < -0.3 is 9.15 Å². The highest BCUT2D eigenvalue weighted by atomic mass is 32.2. The normalized spacial score (nSPS) is 10.6. The van der Waals surface area contributed by atoms with E-state index in [1.807, 2.05) is 6.92 Å². The smallest absolute Gasteiger partial charge is 0.256 e. The lowest BCUT2D eigenvalue weighted by Crippen LogP contribution is -2.02. The SMILES string of the molecule is CCOc1ccc(C(=O)CSc2ncc(-c3ccc(F)cc3)o2)cc1. The van der Waals surface area contributed by atoms with Crippen molar-refractivity contribution in [2.45, 2.75) is 12.1 Å². The standard InChI is InChI=1S/C19H16FNO3S/c1-2-23-16-9-5-13(6-10-16)17(22)12-25-19-21-11-18(24-19)14-3-7-15(20)8-4-14/h3-11H,2,12H2,1H3. The zero-order valence-electron chi connectivity index (χ0n) is 13.6. The van der Waals surface area contributed by atoms with Crippen molar-refractivity contribution in [2.24, 2.45) is 0 Å². The van der Waals surface area contributed by atoms with Crippen molar-refractivity contribution < 1.29 is 18.3 Å². The summed E-state index contributed by atoms with van der Waals surface area (Å²) < 4.78 is 23.9. The van der Waals surface area contributed by atoms with Crippen molar-refractivity contribution in [3.8, 4) is 17.1 Å². The van der Waals surface area contributed by atoms with Gasteiger partial charge in [-0.25, -0.2) is 9.37 Å². The van der Waals surface area contributed by atoms with Crippen molar-refractivity contribution in [3.63, 3.8) is 0 Å². The zero-order valence-corrected chi connectivity index (χ0v) is 14.4. The Morgan fingerprint density at radius 1 is 1.16 bits per heavy atom. The summed E-state index contributed by atoms with van der Waals surface area (Å²) in [5.41, 5.74) is 1.35. The van der Waals surface area contributed by atoms with Crippen LogP contribution in [0.25, 0.3) is 11.3 Å². The molecule has 0 fully saturated rings. The van der Waals surface area contributed by atoms with Crippen LogP contribution in [-0.2, 0) is 0 Å². The van der Waals surface area contributed by atoms with E-state index in [0.29, 0.717) is 23.2 Å². The quantitative estimate of drug-likeness (QED) is 0.447. The second-order valence-electron chi connectivity index (χ2n) is 5.17. The van der Waals surface area contributed by atoms with Gasteiger partial charge in [0.1, 0.15) is 11.6 Å². The van der Waals surface area contributed by atoms with E-state index < -0.39 is 0 Å².